The Bertz CT molecular complexity index is 508. The number of hydrogen-bond donors (Lipinski definition) is 1. The summed E-state index contributed by atoms with van der Waals surface area (Å²) in [5.41, 5.74) is 13.8. The zero-order chi connectivity index (χ0) is 15.6. The summed E-state index contributed by atoms with van der Waals surface area (Å²) < 4.78 is 0. The van der Waals surface area contributed by atoms with Gasteiger partial charge in [0.2, 0.25) is 0 Å². The SMILES string of the molecule is Cc1cc(C(C)(C)C)cc(C)c1CC(N)C1=CCCCC1. The van der Waals surface area contributed by atoms with Crippen LogP contribution in [0.4, 0.5) is 0 Å². The predicted molar refractivity (Wildman–Crippen MR) is 92.8 cm³/mol. The van der Waals surface area contributed by atoms with Crippen LogP contribution in [0.3, 0.4) is 0 Å². The molecular weight excluding hydrogens is 254 g/mol. The normalized spacial score (nSPS) is 17.5. The molecule has 2 N–H and O–H groups in total. The Balaban J connectivity index is 2.22. The molecule has 1 aromatic carbocycles. The lowest BCUT2D eigenvalue weighted by Gasteiger charge is -2.25. The van der Waals surface area contributed by atoms with Crippen LogP contribution in [0, 0.1) is 13.8 Å². The molecular formula is C20H31N. The van der Waals surface area contributed by atoms with E-state index in [1.165, 1.54) is 53.5 Å². The Kier molecular flexibility index (Phi) is 4.93. The molecule has 0 spiro atoms. The van der Waals surface area contributed by atoms with Gasteiger partial charge < -0.3 is 5.73 Å². The van der Waals surface area contributed by atoms with Crippen LogP contribution < -0.4 is 5.73 Å². The van der Waals surface area contributed by atoms with Crippen LogP contribution >= 0.6 is 0 Å². The minimum atomic E-state index is 0.197. The fourth-order valence-corrected chi connectivity index (χ4v) is 3.30. The molecule has 0 bridgehead atoms. The summed E-state index contributed by atoms with van der Waals surface area (Å²) in [5.74, 6) is 0. The van der Waals surface area contributed by atoms with E-state index in [1.54, 1.807) is 0 Å². The average Bonchev–Trinajstić information content (AvgIpc) is 2.42. The second-order valence-corrected chi connectivity index (χ2v) is 7.67. The molecule has 0 amide bonds. The van der Waals surface area contributed by atoms with Gasteiger partial charge >= 0.3 is 0 Å². The van der Waals surface area contributed by atoms with E-state index < -0.39 is 0 Å². The molecule has 1 aliphatic rings. The van der Waals surface area contributed by atoms with Crippen LogP contribution in [-0.2, 0) is 11.8 Å². The molecule has 2 rings (SSSR count). The number of benzene rings is 1. The lowest BCUT2D eigenvalue weighted by atomic mass is 9.82. The molecule has 0 saturated heterocycles. The number of aryl methyl sites for hydroxylation is 2. The van der Waals surface area contributed by atoms with Crippen molar-refractivity contribution < 1.29 is 0 Å². The summed E-state index contributed by atoms with van der Waals surface area (Å²) in [4.78, 5) is 0. The highest BCUT2D eigenvalue weighted by molar-refractivity contribution is 5.41. The van der Waals surface area contributed by atoms with Crippen molar-refractivity contribution in [1.29, 1.82) is 0 Å². The topological polar surface area (TPSA) is 26.0 Å². The second-order valence-electron chi connectivity index (χ2n) is 7.67. The van der Waals surface area contributed by atoms with Crippen LogP contribution in [0.5, 0.6) is 0 Å². The van der Waals surface area contributed by atoms with E-state index in [-0.39, 0.29) is 11.5 Å². The smallest absolute Gasteiger partial charge is 0.0294 e. The first-order valence-electron chi connectivity index (χ1n) is 8.34. The van der Waals surface area contributed by atoms with Crippen LogP contribution in [-0.4, -0.2) is 6.04 Å². The highest BCUT2D eigenvalue weighted by atomic mass is 14.6. The summed E-state index contributed by atoms with van der Waals surface area (Å²) in [6, 6.07) is 4.90. The molecule has 21 heavy (non-hydrogen) atoms. The van der Waals surface area contributed by atoms with Crippen molar-refractivity contribution in [2.75, 3.05) is 0 Å². The molecule has 0 aliphatic heterocycles. The number of nitrogens with two attached hydrogens (primary N) is 1. The van der Waals surface area contributed by atoms with E-state index in [2.05, 4.69) is 52.8 Å². The van der Waals surface area contributed by atoms with E-state index in [0.717, 1.165) is 6.42 Å². The first kappa shape index (κ1) is 16.3. The van der Waals surface area contributed by atoms with Gasteiger partial charge in [0.15, 0.2) is 0 Å². The maximum Gasteiger partial charge on any atom is 0.0294 e. The molecule has 1 aromatic rings. The number of rotatable bonds is 3. The van der Waals surface area contributed by atoms with Gasteiger partial charge in [-0.2, -0.15) is 0 Å². The van der Waals surface area contributed by atoms with Crippen molar-refractivity contribution >= 4 is 0 Å². The average molecular weight is 285 g/mol. The standard InChI is InChI=1S/C20H31N/c1-14-11-17(20(3,4)5)12-15(2)18(14)13-19(21)16-9-7-6-8-10-16/h9,11-12,19H,6-8,10,13,21H2,1-5H3. The van der Waals surface area contributed by atoms with Gasteiger partial charge in [0, 0.05) is 6.04 Å². The van der Waals surface area contributed by atoms with Gasteiger partial charge in [-0.3, -0.25) is 0 Å². The van der Waals surface area contributed by atoms with Crippen molar-refractivity contribution in [3.8, 4) is 0 Å². The fourth-order valence-electron chi connectivity index (χ4n) is 3.30. The maximum atomic E-state index is 6.47. The Morgan fingerprint density at radius 2 is 1.71 bits per heavy atom. The molecule has 1 nitrogen and oxygen atoms in total. The first-order valence-corrected chi connectivity index (χ1v) is 8.34. The third kappa shape index (κ3) is 3.97. The zero-order valence-electron chi connectivity index (χ0n) is 14.4. The molecule has 1 atom stereocenters. The van der Waals surface area contributed by atoms with Crippen LogP contribution in [0.2, 0.25) is 0 Å². The molecule has 1 aliphatic carbocycles. The zero-order valence-corrected chi connectivity index (χ0v) is 14.4. The molecule has 1 heteroatoms. The summed E-state index contributed by atoms with van der Waals surface area (Å²) in [6.07, 6.45) is 8.40. The van der Waals surface area contributed by atoms with Crippen molar-refractivity contribution in [3.05, 3.63) is 46.0 Å². The van der Waals surface area contributed by atoms with Gasteiger partial charge in [0.1, 0.15) is 0 Å². The molecule has 1 unspecified atom stereocenters. The van der Waals surface area contributed by atoms with Crippen LogP contribution in [0.15, 0.2) is 23.8 Å². The van der Waals surface area contributed by atoms with Crippen molar-refractivity contribution in [1.82, 2.24) is 0 Å². The summed E-state index contributed by atoms with van der Waals surface area (Å²) in [5, 5.41) is 0. The Labute approximate surface area is 130 Å². The summed E-state index contributed by atoms with van der Waals surface area (Å²) in [7, 11) is 0. The monoisotopic (exact) mass is 285 g/mol. The van der Waals surface area contributed by atoms with Crippen LogP contribution in [0.1, 0.15) is 68.7 Å². The predicted octanol–water partition coefficient (Wildman–Crippen LogP) is 4.97. The highest BCUT2D eigenvalue weighted by Gasteiger charge is 2.19. The summed E-state index contributed by atoms with van der Waals surface area (Å²) in [6.45, 7) is 11.3. The first-order chi connectivity index (χ1) is 9.79. The maximum absolute atomic E-state index is 6.47. The second kappa shape index (κ2) is 6.36. The third-order valence-electron chi connectivity index (χ3n) is 4.79. The quantitative estimate of drug-likeness (QED) is 0.779. The summed E-state index contributed by atoms with van der Waals surface area (Å²) >= 11 is 0. The van der Waals surface area contributed by atoms with Crippen molar-refractivity contribution in [2.24, 2.45) is 5.73 Å². The van der Waals surface area contributed by atoms with E-state index in [1.807, 2.05) is 0 Å². The Hall–Kier alpha value is -1.08. The van der Waals surface area contributed by atoms with Crippen molar-refractivity contribution in [2.45, 2.75) is 78.2 Å². The molecule has 0 saturated carbocycles. The highest BCUT2D eigenvalue weighted by Crippen LogP contribution is 2.29. The van der Waals surface area contributed by atoms with Gasteiger partial charge in [-0.05, 0) is 73.6 Å². The van der Waals surface area contributed by atoms with Gasteiger partial charge in [-0.25, -0.2) is 0 Å². The minimum Gasteiger partial charge on any atom is -0.324 e. The fraction of sp³-hybridized carbons (Fsp3) is 0.600. The third-order valence-corrected chi connectivity index (χ3v) is 4.79. The molecule has 116 valence electrons. The van der Waals surface area contributed by atoms with Gasteiger partial charge in [-0.1, -0.05) is 44.6 Å². The molecule has 0 radical (unpaired) electrons. The van der Waals surface area contributed by atoms with Gasteiger partial charge in [-0.15, -0.1) is 0 Å². The molecule has 0 heterocycles. The lowest BCUT2D eigenvalue weighted by Crippen LogP contribution is -2.27. The van der Waals surface area contributed by atoms with Crippen molar-refractivity contribution in [3.63, 3.8) is 0 Å². The largest absolute Gasteiger partial charge is 0.324 e. The van der Waals surface area contributed by atoms with Gasteiger partial charge in [0.25, 0.3) is 0 Å². The van der Waals surface area contributed by atoms with Crippen LogP contribution in [0.25, 0.3) is 0 Å². The van der Waals surface area contributed by atoms with E-state index >= 15 is 0 Å². The number of hydrogen-bond acceptors (Lipinski definition) is 1. The van der Waals surface area contributed by atoms with E-state index in [4.69, 9.17) is 5.73 Å². The van der Waals surface area contributed by atoms with E-state index in [9.17, 15) is 0 Å². The number of allylic oxidation sites excluding steroid dienone is 1. The lowest BCUT2D eigenvalue weighted by molar-refractivity contribution is 0.587. The molecule has 0 fully saturated rings. The Morgan fingerprint density at radius 3 is 2.19 bits per heavy atom. The van der Waals surface area contributed by atoms with E-state index in [0.29, 0.717) is 0 Å². The van der Waals surface area contributed by atoms with Gasteiger partial charge in [0.05, 0.1) is 0 Å². The molecule has 0 aromatic heterocycles. The minimum absolute atomic E-state index is 0.197. The Morgan fingerprint density at radius 1 is 1.10 bits per heavy atom.